The quantitative estimate of drug-likeness (QED) is 0.160. The van der Waals surface area contributed by atoms with Crippen molar-refractivity contribution >= 4 is 93.6 Å². The Bertz CT molecular complexity index is 3840. The van der Waals surface area contributed by atoms with Crippen molar-refractivity contribution in [3.05, 3.63) is 222 Å². The van der Waals surface area contributed by atoms with E-state index in [4.69, 9.17) is 8.83 Å². The second-order valence-corrected chi connectivity index (χ2v) is 17.8. The number of thiophene rings is 1. The molecule has 0 amide bonds. The molecule has 1 unspecified atom stereocenters. The largest absolute Gasteiger partial charge is 0.456 e. The molecule has 1 aliphatic rings. The van der Waals surface area contributed by atoms with Crippen LogP contribution in [0.4, 0.5) is 17.1 Å². The van der Waals surface area contributed by atoms with Crippen LogP contribution in [0, 0.1) is 0 Å². The topological polar surface area (TPSA) is 29.5 Å². The van der Waals surface area contributed by atoms with Gasteiger partial charge < -0.3 is 13.7 Å². The van der Waals surface area contributed by atoms with Gasteiger partial charge in [0.2, 0.25) is 0 Å². The lowest BCUT2D eigenvalue weighted by atomic mass is 9.91. The van der Waals surface area contributed by atoms with Gasteiger partial charge in [0.25, 0.3) is 0 Å². The maximum atomic E-state index is 6.92. The van der Waals surface area contributed by atoms with E-state index in [1.807, 2.05) is 23.5 Å². The summed E-state index contributed by atoms with van der Waals surface area (Å²) in [5.74, 6) is 0.167. The predicted molar refractivity (Wildman–Crippen MR) is 269 cm³/mol. The lowest BCUT2D eigenvalue weighted by molar-refractivity contribution is 0.570. The molecule has 0 aliphatic heterocycles. The predicted octanol–water partition coefficient (Wildman–Crippen LogP) is 15.9. The molecule has 0 N–H and O–H groups in total. The van der Waals surface area contributed by atoms with E-state index in [2.05, 4.69) is 211 Å². The van der Waals surface area contributed by atoms with Gasteiger partial charge in [-0.25, -0.2) is 0 Å². The third-order valence-corrected chi connectivity index (χ3v) is 14.3. The highest BCUT2D eigenvalue weighted by Crippen LogP contribution is 2.44. The highest BCUT2D eigenvalue weighted by Gasteiger charge is 2.23. The Morgan fingerprint density at radius 2 is 1.08 bits per heavy atom. The van der Waals surface area contributed by atoms with Crippen LogP contribution in [0.15, 0.2) is 215 Å². The number of para-hydroxylation sites is 1. The highest BCUT2D eigenvalue weighted by molar-refractivity contribution is 7.26. The number of nitrogens with zero attached hydrogens (tertiary/aromatic N) is 1. The first-order chi connectivity index (χ1) is 31.7. The van der Waals surface area contributed by atoms with E-state index in [0.717, 1.165) is 78.2 Å². The molecule has 9 aromatic carbocycles. The van der Waals surface area contributed by atoms with Crippen molar-refractivity contribution in [1.29, 1.82) is 0 Å². The van der Waals surface area contributed by atoms with Crippen molar-refractivity contribution in [1.82, 2.24) is 0 Å². The molecule has 3 nitrogen and oxygen atoms in total. The molecule has 0 saturated carbocycles. The molecule has 64 heavy (non-hydrogen) atoms. The molecule has 3 aromatic heterocycles. The van der Waals surface area contributed by atoms with Gasteiger partial charge in [0.15, 0.2) is 0 Å². The standard InChI is InChI=1S/C60H39NO2S/c1-3-12-38(13-4-1)39-22-29-44(30-23-39)61(46-33-26-41(27-34-46)47-18-11-19-50-49-16-8-10-21-56(49)64-60(47)50)45-31-24-40(25-32-45)43-28-35-48-52-37-55-58(51-17-7-9-20-53(51)62-55)57(42-14-5-2-6-15-42)59(52)63-54(48)36-43/h1-27,29-37,43H,28H2. The molecular formula is C60H39NO2S. The summed E-state index contributed by atoms with van der Waals surface area (Å²) in [5.41, 5.74) is 15.2. The number of hydrogen-bond acceptors (Lipinski definition) is 4. The maximum Gasteiger partial charge on any atom is 0.144 e. The molecule has 1 atom stereocenters. The summed E-state index contributed by atoms with van der Waals surface area (Å²) >= 11 is 1.87. The molecular weight excluding hydrogens is 799 g/mol. The zero-order valence-electron chi connectivity index (χ0n) is 34.7. The van der Waals surface area contributed by atoms with Crippen LogP contribution in [0.25, 0.3) is 98.6 Å². The summed E-state index contributed by atoms with van der Waals surface area (Å²) in [6.45, 7) is 0. The Morgan fingerprint density at radius 1 is 0.469 bits per heavy atom. The second-order valence-electron chi connectivity index (χ2n) is 16.7. The molecule has 13 rings (SSSR count). The van der Waals surface area contributed by atoms with Crippen molar-refractivity contribution in [2.75, 3.05) is 4.90 Å². The molecule has 0 fully saturated rings. The van der Waals surface area contributed by atoms with Gasteiger partial charge >= 0.3 is 0 Å². The van der Waals surface area contributed by atoms with Gasteiger partial charge in [-0.15, -0.1) is 11.3 Å². The molecule has 1 aliphatic carbocycles. The minimum atomic E-state index is 0.167. The van der Waals surface area contributed by atoms with Crippen LogP contribution >= 0.6 is 11.3 Å². The first kappa shape index (κ1) is 36.7. The van der Waals surface area contributed by atoms with Gasteiger partial charge in [0.1, 0.15) is 22.2 Å². The Morgan fingerprint density at radius 3 is 1.83 bits per heavy atom. The van der Waals surface area contributed by atoms with Crippen molar-refractivity contribution in [3.8, 4) is 33.4 Å². The fraction of sp³-hybridized carbons (Fsp3) is 0.0333. The fourth-order valence-corrected chi connectivity index (χ4v) is 11.2. The van der Waals surface area contributed by atoms with Crippen molar-refractivity contribution in [2.45, 2.75) is 12.3 Å². The van der Waals surface area contributed by atoms with Crippen molar-refractivity contribution < 1.29 is 8.83 Å². The summed E-state index contributed by atoms with van der Waals surface area (Å²) in [6.07, 6.45) is 5.54. The maximum absolute atomic E-state index is 6.92. The molecule has 12 aromatic rings. The first-order valence-electron chi connectivity index (χ1n) is 21.9. The van der Waals surface area contributed by atoms with Crippen molar-refractivity contribution in [2.24, 2.45) is 0 Å². The number of hydrogen-bond donors (Lipinski definition) is 0. The van der Waals surface area contributed by atoms with Gasteiger partial charge in [-0.1, -0.05) is 158 Å². The van der Waals surface area contributed by atoms with Crippen molar-refractivity contribution in [3.63, 3.8) is 0 Å². The van der Waals surface area contributed by atoms with E-state index in [1.165, 1.54) is 48.0 Å². The Balaban J connectivity index is 0.879. The summed E-state index contributed by atoms with van der Waals surface area (Å²) in [5, 5.41) is 7.05. The molecule has 302 valence electrons. The number of benzene rings is 9. The van der Waals surface area contributed by atoms with Crippen LogP contribution in [0.1, 0.15) is 17.9 Å². The van der Waals surface area contributed by atoms with Crippen LogP contribution in [0.5, 0.6) is 0 Å². The van der Waals surface area contributed by atoms with Crippen LogP contribution < -0.4 is 15.5 Å². The summed E-state index contributed by atoms with van der Waals surface area (Å²) in [7, 11) is 0. The fourth-order valence-electron chi connectivity index (χ4n) is 9.93. The van der Waals surface area contributed by atoms with Gasteiger partial charge in [-0.3, -0.25) is 0 Å². The van der Waals surface area contributed by atoms with Crippen LogP contribution in [0.3, 0.4) is 0 Å². The van der Waals surface area contributed by atoms with Crippen LogP contribution in [-0.4, -0.2) is 0 Å². The van der Waals surface area contributed by atoms with E-state index in [9.17, 15) is 0 Å². The molecule has 4 heteroatoms. The highest BCUT2D eigenvalue weighted by atomic mass is 32.1. The minimum absolute atomic E-state index is 0.167. The number of rotatable bonds is 7. The Labute approximate surface area is 373 Å². The SMILES string of the molecule is C1=c2oc3c(-c4ccccc4)c4c(cc3c2=CCC1c1ccc(N(c2ccc(-c3ccccc3)cc2)c2ccc(-c3cccc5c3sc3ccccc35)cc2)cc1)oc1ccccc14. The van der Waals surface area contributed by atoms with Gasteiger partial charge in [-0.2, -0.15) is 0 Å². The zero-order chi connectivity index (χ0) is 42.1. The van der Waals surface area contributed by atoms with E-state index in [-0.39, 0.29) is 5.92 Å². The summed E-state index contributed by atoms with van der Waals surface area (Å²) in [6, 6.07) is 74.1. The average molecular weight is 838 g/mol. The van der Waals surface area contributed by atoms with E-state index in [1.54, 1.807) is 0 Å². The molecule has 3 heterocycles. The monoisotopic (exact) mass is 837 g/mol. The van der Waals surface area contributed by atoms with E-state index < -0.39 is 0 Å². The van der Waals surface area contributed by atoms with Crippen LogP contribution in [0.2, 0.25) is 0 Å². The lowest BCUT2D eigenvalue weighted by Crippen LogP contribution is -2.24. The van der Waals surface area contributed by atoms with Gasteiger partial charge in [0.05, 0.1) is 0 Å². The van der Waals surface area contributed by atoms with Gasteiger partial charge in [-0.05, 0) is 100 Å². The third kappa shape index (κ3) is 6.02. The summed E-state index contributed by atoms with van der Waals surface area (Å²) in [4.78, 5) is 2.36. The zero-order valence-corrected chi connectivity index (χ0v) is 35.6. The number of fused-ring (bicyclic) bond motifs is 9. The molecule has 0 bridgehead atoms. The molecule has 0 radical (unpaired) electrons. The van der Waals surface area contributed by atoms with E-state index >= 15 is 0 Å². The molecule has 0 saturated heterocycles. The Hall–Kier alpha value is -7.92. The van der Waals surface area contributed by atoms with E-state index in [0.29, 0.717) is 0 Å². The van der Waals surface area contributed by atoms with Crippen LogP contribution in [-0.2, 0) is 0 Å². The average Bonchev–Trinajstić information content (AvgIpc) is 4.05. The number of anilines is 3. The normalized spacial score (nSPS) is 13.7. The lowest BCUT2D eigenvalue weighted by Gasteiger charge is -2.26. The minimum Gasteiger partial charge on any atom is -0.456 e. The molecule has 0 spiro atoms. The van der Waals surface area contributed by atoms with Gasteiger partial charge in [0, 0.05) is 70.1 Å². The Kier molecular flexibility index (Phi) is 8.53. The number of furan rings is 2. The third-order valence-electron chi connectivity index (χ3n) is 13.0. The summed E-state index contributed by atoms with van der Waals surface area (Å²) < 4.78 is 16.0. The smallest absolute Gasteiger partial charge is 0.144 e. The first-order valence-corrected chi connectivity index (χ1v) is 22.7. The second kappa shape index (κ2) is 14.9.